The van der Waals surface area contributed by atoms with Gasteiger partial charge in [-0.15, -0.1) is 0 Å². The van der Waals surface area contributed by atoms with Crippen LogP contribution in [0.1, 0.15) is 24.1 Å². The van der Waals surface area contributed by atoms with E-state index < -0.39 is 66.9 Å². The van der Waals surface area contributed by atoms with E-state index in [1.54, 1.807) is 30.3 Å². The fraction of sp³-hybridized carbons (Fsp3) is 0.391. The Morgan fingerprint density at radius 3 is 2.08 bits per heavy atom. The van der Waals surface area contributed by atoms with Crippen molar-refractivity contribution in [2.75, 3.05) is 6.61 Å². The van der Waals surface area contributed by atoms with E-state index >= 15 is 0 Å². The maximum Gasteiger partial charge on any atom is 0.326 e. The Bertz CT molecular complexity index is 1060. The fourth-order valence-corrected chi connectivity index (χ4v) is 3.32. The predicted molar refractivity (Wildman–Crippen MR) is 128 cm³/mol. The number of hydrogen-bond acceptors (Lipinski definition) is 8. The Kier molecular flexibility index (Phi) is 11.2. The van der Waals surface area contributed by atoms with Gasteiger partial charge in [0.15, 0.2) is 0 Å². The third-order valence-electron chi connectivity index (χ3n) is 5.32. The lowest BCUT2D eigenvalue weighted by Crippen LogP contribution is -2.58. The SMILES string of the molecule is NC(CO)C(=O)NC(CCC(=O)O)C(=O)NC(Cc1cnc[nH]1)C(=O)NC(Cc1ccccc1)C(=O)O. The van der Waals surface area contributed by atoms with Gasteiger partial charge in [-0.2, -0.15) is 0 Å². The summed E-state index contributed by atoms with van der Waals surface area (Å²) in [5.41, 5.74) is 6.58. The molecule has 2 aromatic rings. The van der Waals surface area contributed by atoms with Gasteiger partial charge in [-0.25, -0.2) is 9.78 Å². The molecule has 14 heteroatoms. The van der Waals surface area contributed by atoms with Gasteiger partial charge in [0.05, 0.1) is 12.9 Å². The van der Waals surface area contributed by atoms with Gasteiger partial charge in [-0.05, 0) is 12.0 Å². The number of amides is 3. The number of carboxylic acids is 2. The molecule has 0 saturated heterocycles. The van der Waals surface area contributed by atoms with Crippen molar-refractivity contribution < 1.29 is 39.3 Å². The van der Waals surface area contributed by atoms with Crippen molar-refractivity contribution in [3.63, 3.8) is 0 Å². The first kappa shape index (κ1) is 28.9. The number of nitrogens with zero attached hydrogens (tertiary/aromatic N) is 1. The number of hydrogen-bond donors (Lipinski definition) is 8. The molecule has 4 atom stereocenters. The molecule has 0 aliphatic rings. The van der Waals surface area contributed by atoms with Crippen molar-refractivity contribution in [1.82, 2.24) is 25.9 Å². The first-order valence-corrected chi connectivity index (χ1v) is 11.3. The van der Waals surface area contributed by atoms with Gasteiger partial charge in [0.1, 0.15) is 24.2 Å². The van der Waals surface area contributed by atoms with Crippen molar-refractivity contribution in [2.24, 2.45) is 5.73 Å². The largest absolute Gasteiger partial charge is 0.481 e. The van der Waals surface area contributed by atoms with Crippen LogP contribution in [0.25, 0.3) is 0 Å². The van der Waals surface area contributed by atoms with E-state index in [0.29, 0.717) is 11.3 Å². The second-order valence-electron chi connectivity index (χ2n) is 8.21. The lowest BCUT2D eigenvalue weighted by atomic mass is 10.0. The third kappa shape index (κ3) is 9.70. The molecule has 1 heterocycles. The Morgan fingerprint density at radius 2 is 1.51 bits per heavy atom. The Hall–Kier alpha value is -4.30. The van der Waals surface area contributed by atoms with Crippen LogP contribution in [0.5, 0.6) is 0 Å². The second-order valence-corrected chi connectivity index (χ2v) is 8.21. The van der Waals surface area contributed by atoms with Crippen molar-refractivity contribution >= 4 is 29.7 Å². The van der Waals surface area contributed by atoms with Crippen LogP contribution in [0.4, 0.5) is 0 Å². The summed E-state index contributed by atoms with van der Waals surface area (Å²) in [6.45, 7) is -0.706. The van der Waals surface area contributed by atoms with Gasteiger partial charge in [0, 0.05) is 31.2 Å². The van der Waals surface area contributed by atoms with E-state index in [1.165, 1.54) is 12.5 Å². The van der Waals surface area contributed by atoms with E-state index in [2.05, 4.69) is 25.9 Å². The van der Waals surface area contributed by atoms with E-state index in [-0.39, 0.29) is 19.3 Å². The zero-order valence-corrected chi connectivity index (χ0v) is 19.8. The van der Waals surface area contributed by atoms with Gasteiger partial charge < -0.3 is 42.0 Å². The quantitative estimate of drug-likeness (QED) is 0.128. The van der Waals surface area contributed by atoms with Gasteiger partial charge in [0.25, 0.3) is 0 Å². The minimum atomic E-state index is -1.39. The number of benzene rings is 1. The normalized spacial score (nSPS) is 14.0. The van der Waals surface area contributed by atoms with Gasteiger partial charge in [-0.3, -0.25) is 19.2 Å². The summed E-state index contributed by atoms with van der Waals surface area (Å²) in [6.07, 6.45) is 1.84. The zero-order chi connectivity index (χ0) is 27.4. The molecule has 0 fully saturated rings. The number of nitrogens with one attached hydrogen (secondary N) is 4. The lowest BCUT2D eigenvalue weighted by molar-refractivity contribution is -0.142. The Morgan fingerprint density at radius 1 is 0.892 bits per heavy atom. The highest BCUT2D eigenvalue weighted by atomic mass is 16.4. The standard InChI is InChI=1S/C23H30N6O8/c24-15(11-30)20(33)27-16(6-7-19(31)32)21(34)28-17(9-14-10-25-12-26-14)22(35)29-18(23(36)37)8-13-4-2-1-3-5-13/h1-5,10,12,15-18,30H,6-9,11,24H2,(H,25,26)(H,27,33)(H,28,34)(H,29,35)(H,31,32)(H,36,37). The highest BCUT2D eigenvalue weighted by molar-refractivity contribution is 5.94. The van der Waals surface area contributed by atoms with Crippen LogP contribution in [0.15, 0.2) is 42.9 Å². The maximum absolute atomic E-state index is 13.1. The molecule has 2 rings (SSSR count). The van der Waals surface area contributed by atoms with Crippen LogP contribution >= 0.6 is 0 Å². The number of carboxylic acid groups (broad SMARTS) is 2. The highest BCUT2D eigenvalue weighted by Crippen LogP contribution is 2.07. The lowest BCUT2D eigenvalue weighted by Gasteiger charge is -2.25. The molecule has 0 aliphatic carbocycles. The molecule has 0 saturated carbocycles. The van der Waals surface area contributed by atoms with E-state index in [1.807, 2.05) is 0 Å². The van der Waals surface area contributed by atoms with Gasteiger partial charge in [-0.1, -0.05) is 30.3 Å². The summed E-state index contributed by atoms with van der Waals surface area (Å²) in [4.78, 5) is 67.8. The molecule has 4 unspecified atom stereocenters. The number of nitrogens with two attached hydrogens (primary N) is 1. The molecule has 37 heavy (non-hydrogen) atoms. The average molecular weight is 519 g/mol. The number of H-pyrrole nitrogens is 1. The van der Waals surface area contributed by atoms with Crippen LogP contribution in [-0.4, -0.2) is 85.7 Å². The predicted octanol–water partition coefficient (Wildman–Crippen LogP) is -2.08. The summed E-state index contributed by atoms with van der Waals surface area (Å²) >= 11 is 0. The number of aromatic nitrogens is 2. The molecular formula is C23H30N6O8. The minimum Gasteiger partial charge on any atom is -0.481 e. The monoisotopic (exact) mass is 518 g/mol. The van der Waals surface area contributed by atoms with E-state index in [4.69, 9.17) is 15.9 Å². The fourth-order valence-electron chi connectivity index (χ4n) is 3.32. The molecule has 0 bridgehead atoms. The molecule has 1 aromatic carbocycles. The summed E-state index contributed by atoms with van der Waals surface area (Å²) in [7, 11) is 0. The molecule has 14 nitrogen and oxygen atoms in total. The number of carbonyl (C=O) groups is 5. The minimum absolute atomic E-state index is 0.0109. The third-order valence-corrected chi connectivity index (χ3v) is 5.32. The summed E-state index contributed by atoms with van der Waals surface area (Å²) in [5, 5.41) is 34.9. The number of aromatic amines is 1. The van der Waals surface area contributed by atoms with Crippen LogP contribution in [-0.2, 0) is 36.8 Å². The number of aliphatic hydroxyl groups excluding tert-OH is 1. The smallest absolute Gasteiger partial charge is 0.326 e. The van der Waals surface area contributed by atoms with Crippen molar-refractivity contribution in [3.05, 3.63) is 54.1 Å². The van der Waals surface area contributed by atoms with Crippen LogP contribution in [0.2, 0.25) is 0 Å². The molecule has 0 radical (unpaired) electrons. The average Bonchev–Trinajstić information content (AvgIpc) is 3.38. The van der Waals surface area contributed by atoms with Crippen LogP contribution < -0.4 is 21.7 Å². The van der Waals surface area contributed by atoms with Gasteiger partial charge >= 0.3 is 11.9 Å². The molecule has 1 aromatic heterocycles. The van der Waals surface area contributed by atoms with Crippen molar-refractivity contribution in [2.45, 2.75) is 49.9 Å². The van der Waals surface area contributed by atoms with Crippen molar-refractivity contribution in [3.8, 4) is 0 Å². The summed E-state index contributed by atoms with van der Waals surface area (Å²) in [6, 6.07) is 3.29. The van der Waals surface area contributed by atoms with E-state index in [9.17, 15) is 29.1 Å². The summed E-state index contributed by atoms with van der Waals surface area (Å²) < 4.78 is 0. The highest BCUT2D eigenvalue weighted by Gasteiger charge is 2.31. The zero-order valence-electron chi connectivity index (χ0n) is 19.8. The van der Waals surface area contributed by atoms with Crippen LogP contribution in [0.3, 0.4) is 0 Å². The van der Waals surface area contributed by atoms with E-state index in [0.717, 1.165) is 0 Å². The van der Waals surface area contributed by atoms with Crippen molar-refractivity contribution in [1.29, 1.82) is 0 Å². The molecule has 200 valence electrons. The second kappa shape index (κ2) is 14.3. The maximum atomic E-state index is 13.1. The summed E-state index contributed by atoms with van der Waals surface area (Å²) in [5.74, 6) is -5.11. The Balaban J connectivity index is 2.21. The number of imidazole rings is 1. The Labute approximate surface area is 211 Å². The first-order chi connectivity index (χ1) is 17.6. The molecule has 3 amide bonds. The molecule has 0 spiro atoms. The number of aliphatic carboxylic acids is 2. The number of aliphatic hydroxyl groups is 1. The molecule has 0 aliphatic heterocycles. The number of carbonyl (C=O) groups excluding carboxylic acids is 3. The topological polar surface area (TPSA) is 237 Å². The van der Waals surface area contributed by atoms with Crippen LogP contribution in [0, 0.1) is 0 Å². The number of rotatable bonds is 15. The first-order valence-electron chi connectivity index (χ1n) is 11.3. The van der Waals surface area contributed by atoms with Gasteiger partial charge in [0.2, 0.25) is 17.7 Å². The molecular weight excluding hydrogens is 488 g/mol. The molecule has 9 N–H and O–H groups in total.